The van der Waals surface area contributed by atoms with Gasteiger partial charge in [-0.05, 0) is 56.4 Å². The number of ether oxygens (including phenoxy) is 2. The van der Waals surface area contributed by atoms with Gasteiger partial charge in [0, 0.05) is 22.9 Å². The van der Waals surface area contributed by atoms with Crippen molar-refractivity contribution in [2.45, 2.75) is 50.7 Å². The van der Waals surface area contributed by atoms with Crippen LogP contribution in [0.5, 0.6) is 5.75 Å². The molecule has 0 unspecified atom stereocenters. The molecule has 12 heteroatoms. The summed E-state index contributed by atoms with van der Waals surface area (Å²) in [5.41, 5.74) is 1.51. The van der Waals surface area contributed by atoms with Gasteiger partial charge in [-0.3, -0.25) is 4.79 Å². The van der Waals surface area contributed by atoms with Gasteiger partial charge in [-0.2, -0.15) is 0 Å². The molecule has 0 atom stereocenters. The minimum absolute atomic E-state index is 0.123. The number of nitrogens with zero attached hydrogens (tertiary/aromatic N) is 3. The van der Waals surface area contributed by atoms with Crippen LogP contribution in [0.15, 0.2) is 36.0 Å². The van der Waals surface area contributed by atoms with Gasteiger partial charge in [-0.1, -0.05) is 41.0 Å². The second-order valence-corrected chi connectivity index (χ2v) is 11.3. The number of amides is 1. The molecule has 2 heterocycles. The van der Waals surface area contributed by atoms with Gasteiger partial charge >= 0.3 is 5.97 Å². The molecule has 0 fully saturated rings. The third-order valence-corrected chi connectivity index (χ3v) is 8.49. The molecule has 1 aromatic carbocycles. The number of allylic oxidation sites excluding steroid dienone is 1. The second kappa shape index (κ2) is 13.5. The number of aryl methyl sites for hydroxylation is 2. The standard InChI is InChI=1S/C26H28Cl2N4O4S2/c1-3-12-32-21(9-6-13-36-19-11-10-16(27)14-18(19)28)30-31-26(32)37-15-22(33)29-24-23(25(34)35-4-2)17-7-5-8-20(17)38-24/h3,10-11,14H,1,4-9,12-13,15H2,2H3,(H,29,33). The number of esters is 1. The maximum atomic E-state index is 12.8. The van der Waals surface area contributed by atoms with E-state index in [0.717, 1.165) is 35.5 Å². The van der Waals surface area contributed by atoms with E-state index in [2.05, 4.69) is 22.1 Å². The van der Waals surface area contributed by atoms with Crippen molar-refractivity contribution < 1.29 is 19.1 Å². The predicted molar refractivity (Wildman–Crippen MR) is 152 cm³/mol. The first-order chi connectivity index (χ1) is 18.4. The van der Waals surface area contributed by atoms with Crippen LogP contribution in [-0.4, -0.2) is 45.6 Å². The number of nitrogens with one attached hydrogen (secondary N) is 1. The van der Waals surface area contributed by atoms with E-state index in [1.807, 2.05) is 4.57 Å². The molecule has 4 rings (SSSR count). The fourth-order valence-electron chi connectivity index (χ4n) is 4.13. The molecule has 0 radical (unpaired) electrons. The van der Waals surface area contributed by atoms with Crippen molar-refractivity contribution in [3.05, 3.63) is 62.7 Å². The Kier molecular flexibility index (Phi) is 10.1. The van der Waals surface area contributed by atoms with Crippen LogP contribution in [0.1, 0.15) is 46.4 Å². The summed E-state index contributed by atoms with van der Waals surface area (Å²) >= 11 is 14.8. The number of benzene rings is 1. The first-order valence-electron chi connectivity index (χ1n) is 12.3. The van der Waals surface area contributed by atoms with Crippen LogP contribution in [0.4, 0.5) is 5.00 Å². The Balaban J connectivity index is 1.34. The van der Waals surface area contributed by atoms with Crippen LogP contribution in [0.2, 0.25) is 10.0 Å². The molecule has 0 saturated carbocycles. The van der Waals surface area contributed by atoms with Gasteiger partial charge in [0.15, 0.2) is 5.16 Å². The molecule has 1 amide bonds. The Morgan fingerprint density at radius 3 is 2.89 bits per heavy atom. The molecule has 0 aliphatic heterocycles. The highest BCUT2D eigenvalue weighted by molar-refractivity contribution is 7.99. The number of aromatic nitrogens is 3. The number of thiophene rings is 1. The lowest BCUT2D eigenvalue weighted by molar-refractivity contribution is -0.113. The Hall–Kier alpha value is -2.53. The number of carbonyl (C=O) groups is 2. The highest BCUT2D eigenvalue weighted by atomic mass is 35.5. The number of thioether (sulfide) groups is 1. The zero-order chi connectivity index (χ0) is 27.1. The summed E-state index contributed by atoms with van der Waals surface area (Å²) in [7, 11) is 0. The van der Waals surface area contributed by atoms with Gasteiger partial charge in [-0.25, -0.2) is 4.79 Å². The first kappa shape index (κ1) is 28.5. The smallest absolute Gasteiger partial charge is 0.341 e. The lowest BCUT2D eigenvalue weighted by Crippen LogP contribution is -2.17. The highest BCUT2D eigenvalue weighted by Gasteiger charge is 2.28. The number of halogens is 2. The van der Waals surface area contributed by atoms with Crippen molar-refractivity contribution in [1.82, 2.24) is 14.8 Å². The molecule has 0 saturated heterocycles. The lowest BCUT2D eigenvalue weighted by Gasteiger charge is -2.10. The molecule has 1 aliphatic carbocycles. The van der Waals surface area contributed by atoms with Gasteiger partial charge < -0.3 is 19.4 Å². The van der Waals surface area contributed by atoms with Crippen molar-refractivity contribution in [2.75, 3.05) is 24.3 Å². The topological polar surface area (TPSA) is 95.3 Å². The van der Waals surface area contributed by atoms with E-state index < -0.39 is 0 Å². The molecule has 1 aliphatic rings. The summed E-state index contributed by atoms with van der Waals surface area (Å²) in [5.74, 6) is 0.875. The van der Waals surface area contributed by atoms with Crippen molar-refractivity contribution in [2.24, 2.45) is 0 Å². The fraction of sp³-hybridized carbons (Fsp3) is 0.385. The first-order valence-corrected chi connectivity index (χ1v) is 14.8. The fourth-order valence-corrected chi connectivity index (χ4v) is 6.66. The van der Waals surface area contributed by atoms with E-state index in [9.17, 15) is 9.59 Å². The second-order valence-electron chi connectivity index (χ2n) is 8.44. The summed E-state index contributed by atoms with van der Waals surface area (Å²) in [6, 6.07) is 5.11. The van der Waals surface area contributed by atoms with Crippen LogP contribution < -0.4 is 10.1 Å². The minimum atomic E-state index is -0.382. The number of anilines is 1. The van der Waals surface area contributed by atoms with E-state index in [4.69, 9.17) is 32.7 Å². The van der Waals surface area contributed by atoms with Crippen LogP contribution in [-0.2, 0) is 35.3 Å². The Morgan fingerprint density at radius 2 is 2.13 bits per heavy atom. The Bertz CT molecular complexity index is 1320. The Morgan fingerprint density at radius 1 is 1.29 bits per heavy atom. The lowest BCUT2D eigenvalue weighted by atomic mass is 10.1. The van der Waals surface area contributed by atoms with E-state index in [1.54, 1.807) is 31.2 Å². The van der Waals surface area contributed by atoms with Crippen LogP contribution >= 0.6 is 46.3 Å². The number of carbonyl (C=O) groups excluding carboxylic acids is 2. The minimum Gasteiger partial charge on any atom is -0.492 e. The van der Waals surface area contributed by atoms with E-state index >= 15 is 0 Å². The quantitative estimate of drug-likeness (QED) is 0.108. The third-order valence-electron chi connectivity index (χ3n) is 5.79. The molecular weight excluding hydrogens is 567 g/mol. The van der Waals surface area contributed by atoms with Gasteiger partial charge in [0.1, 0.15) is 16.6 Å². The summed E-state index contributed by atoms with van der Waals surface area (Å²) in [4.78, 5) is 26.5. The van der Waals surface area contributed by atoms with Gasteiger partial charge in [0.05, 0.1) is 29.6 Å². The number of hydrogen-bond acceptors (Lipinski definition) is 8. The summed E-state index contributed by atoms with van der Waals surface area (Å²) < 4.78 is 12.9. The van der Waals surface area contributed by atoms with E-state index in [-0.39, 0.29) is 24.2 Å². The van der Waals surface area contributed by atoms with Gasteiger partial charge in [0.25, 0.3) is 0 Å². The van der Waals surface area contributed by atoms with Crippen molar-refractivity contribution in [3.8, 4) is 5.75 Å². The van der Waals surface area contributed by atoms with Crippen LogP contribution in [0.25, 0.3) is 0 Å². The maximum absolute atomic E-state index is 12.8. The molecule has 38 heavy (non-hydrogen) atoms. The summed E-state index contributed by atoms with van der Waals surface area (Å²) in [6.07, 6.45) is 5.85. The maximum Gasteiger partial charge on any atom is 0.341 e. The average Bonchev–Trinajstić information content (AvgIpc) is 3.57. The summed E-state index contributed by atoms with van der Waals surface area (Å²) in [5, 5.41) is 13.7. The normalized spacial score (nSPS) is 12.3. The average molecular weight is 596 g/mol. The molecule has 8 nitrogen and oxygen atoms in total. The van der Waals surface area contributed by atoms with Gasteiger partial charge in [0.2, 0.25) is 5.91 Å². The highest BCUT2D eigenvalue weighted by Crippen LogP contribution is 2.39. The molecule has 3 aromatic rings. The molecule has 2 aromatic heterocycles. The van der Waals surface area contributed by atoms with Crippen LogP contribution in [0, 0.1) is 0 Å². The Labute approximate surface area is 239 Å². The van der Waals surface area contributed by atoms with Crippen molar-refractivity contribution in [3.63, 3.8) is 0 Å². The van der Waals surface area contributed by atoms with Crippen molar-refractivity contribution >= 4 is 63.2 Å². The third kappa shape index (κ3) is 6.91. The summed E-state index contributed by atoms with van der Waals surface area (Å²) in [6.45, 7) is 6.85. The number of fused-ring (bicyclic) bond motifs is 1. The monoisotopic (exact) mass is 594 g/mol. The van der Waals surface area contributed by atoms with E-state index in [1.165, 1.54) is 23.1 Å². The number of hydrogen-bond donors (Lipinski definition) is 1. The molecule has 202 valence electrons. The SMILES string of the molecule is C=CCn1c(CCCOc2ccc(Cl)cc2Cl)nnc1SCC(=O)Nc1sc2c(c1C(=O)OCC)CCC2. The van der Waals surface area contributed by atoms with E-state index in [0.29, 0.717) is 57.5 Å². The molecular formula is C26H28Cl2N4O4S2. The van der Waals surface area contributed by atoms with Gasteiger partial charge in [-0.15, -0.1) is 28.1 Å². The zero-order valence-electron chi connectivity index (χ0n) is 20.9. The molecule has 0 bridgehead atoms. The van der Waals surface area contributed by atoms with Crippen molar-refractivity contribution in [1.29, 1.82) is 0 Å². The molecule has 1 N–H and O–H groups in total. The van der Waals surface area contributed by atoms with Crippen LogP contribution in [0.3, 0.4) is 0 Å². The predicted octanol–water partition coefficient (Wildman–Crippen LogP) is 6.24. The largest absolute Gasteiger partial charge is 0.492 e. The zero-order valence-corrected chi connectivity index (χ0v) is 24.1. The molecule has 0 spiro atoms. The number of rotatable bonds is 13.